The maximum atomic E-state index is 12.4. The quantitative estimate of drug-likeness (QED) is 0.849. The van der Waals surface area contributed by atoms with Crippen molar-refractivity contribution in [3.8, 4) is 5.75 Å². The summed E-state index contributed by atoms with van der Waals surface area (Å²) in [6, 6.07) is 17.3. The second kappa shape index (κ2) is 9.21. The van der Waals surface area contributed by atoms with Crippen LogP contribution in [0.25, 0.3) is 0 Å². The van der Waals surface area contributed by atoms with Gasteiger partial charge in [0.1, 0.15) is 5.75 Å². The van der Waals surface area contributed by atoms with Gasteiger partial charge in [-0.25, -0.2) is 0 Å². The number of benzene rings is 2. The molecule has 0 spiro atoms. The van der Waals surface area contributed by atoms with E-state index in [1.165, 1.54) is 0 Å². The minimum absolute atomic E-state index is 0.0402. The third-order valence-corrected chi connectivity index (χ3v) is 4.87. The molecule has 0 radical (unpaired) electrons. The van der Waals surface area contributed by atoms with Crippen molar-refractivity contribution in [2.24, 2.45) is 5.92 Å². The van der Waals surface area contributed by atoms with E-state index in [9.17, 15) is 9.59 Å². The molecule has 3 rings (SSSR count). The topological polar surface area (TPSA) is 58.6 Å². The maximum Gasteiger partial charge on any atom is 0.227 e. The van der Waals surface area contributed by atoms with E-state index in [1.807, 2.05) is 66.4 Å². The van der Waals surface area contributed by atoms with Gasteiger partial charge < -0.3 is 15.0 Å². The van der Waals surface area contributed by atoms with Crippen LogP contribution in [0.15, 0.2) is 54.6 Å². The minimum atomic E-state index is -0.0454. The molecule has 1 aliphatic heterocycles. The van der Waals surface area contributed by atoms with Gasteiger partial charge in [-0.3, -0.25) is 9.59 Å². The zero-order chi connectivity index (χ0) is 19.1. The molecule has 2 amide bonds. The summed E-state index contributed by atoms with van der Waals surface area (Å²) in [5, 5.41) is 2.97. The third kappa shape index (κ3) is 5.58. The van der Waals surface area contributed by atoms with E-state index in [1.54, 1.807) is 0 Å². The lowest BCUT2D eigenvalue weighted by Crippen LogP contribution is -2.41. The molecule has 0 aliphatic carbocycles. The number of carbonyl (C=O) groups excluding carboxylic acids is 2. The number of nitrogens with one attached hydrogen (secondary N) is 1. The van der Waals surface area contributed by atoms with Crippen LogP contribution in [0.1, 0.15) is 24.8 Å². The van der Waals surface area contributed by atoms with Crippen molar-refractivity contribution in [1.82, 2.24) is 4.90 Å². The number of nitrogens with zero attached hydrogens (tertiary/aromatic N) is 1. The van der Waals surface area contributed by atoms with Crippen LogP contribution >= 0.6 is 0 Å². The molecule has 0 aromatic heterocycles. The van der Waals surface area contributed by atoms with Crippen molar-refractivity contribution in [1.29, 1.82) is 0 Å². The molecule has 1 saturated heterocycles. The lowest BCUT2D eigenvalue weighted by molar-refractivity contribution is -0.135. The molecule has 1 heterocycles. The monoisotopic (exact) mass is 366 g/mol. The number of piperidine rings is 1. The van der Waals surface area contributed by atoms with Crippen molar-refractivity contribution >= 4 is 17.5 Å². The molecular formula is C22H26N2O3. The summed E-state index contributed by atoms with van der Waals surface area (Å²) in [6.45, 7) is 3.63. The van der Waals surface area contributed by atoms with Crippen LogP contribution in [0.5, 0.6) is 5.75 Å². The Hall–Kier alpha value is -2.82. The number of hydrogen-bond acceptors (Lipinski definition) is 3. The van der Waals surface area contributed by atoms with Gasteiger partial charge >= 0.3 is 0 Å². The molecule has 1 N–H and O–H groups in total. The summed E-state index contributed by atoms with van der Waals surface area (Å²) < 4.78 is 5.59. The van der Waals surface area contributed by atoms with Crippen molar-refractivity contribution in [2.45, 2.75) is 26.2 Å². The first-order valence-corrected chi connectivity index (χ1v) is 9.45. The van der Waals surface area contributed by atoms with Crippen LogP contribution in [0.4, 0.5) is 5.69 Å². The Morgan fingerprint density at radius 1 is 1.04 bits per heavy atom. The number of ether oxygens (including phenoxy) is 1. The maximum absolute atomic E-state index is 12.4. The summed E-state index contributed by atoms with van der Waals surface area (Å²) in [7, 11) is 0. The van der Waals surface area contributed by atoms with Gasteiger partial charge in [-0.2, -0.15) is 0 Å². The molecule has 2 aromatic rings. The summed E-state index contributed by atoms with van der Waals surface area (Å²) in [5.41, 5.74) is 1.98. The Labute approximate surface area is 160 Å². The highest BCUT2D eigenvalue weighted by Crippen LogP contribution is 2.20. The van der Waals surface area contributed by atoms with Gasteiger partial charge in [0, 0.05) is 24.7 Å². The zero-order valence-corrected chi connectivity index (χ0v) is 15.7. The largest absolute Gasteiger partial charge is 0.493 e. The van der Waals surface area contributed by atoms with E-state index in [2.05, 4.69) is 5.32 Å². The van der Waals surface area contributed by atoms with Crippen molar-refractivity contribution in [3.05, 3.63) is 60.2 Å². The summed E-state index contributed by atoms with van der Waals surface area (Å²) >= 11 is 0. The van der Waals surface area contributed by atoms with Crippen LogP contribution in [0.3, 0.4) is 0 Å². The molecule has 27 heavy (non-hydrogen) atoms. The van der Waals surface area contributed by atoms with E-state index in [4.69, 9.17) is 4.74 Å². The molecule has 0 atom stereocenters. The number of amides is 2. The Kier molecular flexibility index (Phi) is 6.47. The Balaban J connectivity index is 1.39. The van der Waals surface area contributed by atoms with E-state index >= 15 is 0 Å². The fourth-order valence-corrected chi connectivity index (χ4v) is 3.20. The summed E-state index contributed by atoms with van der Waals surface area (Å²) in [4.78, 5) is 26.6. The molecule has 5 heteroatoms. The number of hydrogen-bond donors (Lipinski definition) is 1. The van der Waals surface area contributed by atoms with Gasteiger partial charge in [0.15, 0.2) is 0 Å². The first kappa shape index (κ1) is 19.0. The standard InChI is InChI=1S/C22H26N2O3/c1-17-7-9-19(10-8-17)23-22(26)18-11-14-24(15-12-18)21(25)13-16-27-20-5-3-2-4-6-20/h2-10,18H,11-16H2,1H3,(H,23,26). The lowest BCUT2D eigenvalue weighted by Gasteiger charge is -2.31. The van der Waals surface area contributed by atoms with Crippen LogP contribution < -0.4 is 10.1 Å². The van der Waals surface area contributed by atoms with E-state index in [0.717, 1.165) is 17.0 Å². The smallest absolute Gasteiger partial charge is 0.227 e. The number of aryl methyl sites for hydroxylation is 1. The number of anilines is 1. The first-order chi connectivity index (χ1) is 13.1. The predicted molar refractivity (Wildman–Crippen MR) is 106 cm³/mol. The number of rotatable bonds is 6. The van der Waals surface area contributed by atoms with Crippen molar-refractivity contribution < 1.29 is 14.3 Å². The number of carbonyl (C=O) groups is 2. The van der Waals surface area contributed by atoms with Gasteiger partial charge in [0.05, 0.1) is 13.0 Å². The highest BCUT2D eigenvalue weighted by molar-refractivity contribution is 5.92. The Morgan fingerprint density at radius 2 is 1.70 bits per heavy atom. The second-order valence-corrected chi connectivity index (χ2v) is 6.92. The molecule has 0 saturated carbocycles. The summed E-state index contributed by atoms with van der Waals surface area (Å²) in [5.74, 6) is 0.856. The molecule has 0 bridgehead atoms. The molecule has 142 valence electrons. The van der Waals surface area contributed by atoms with Gasteiger partial charge in [-0.1, -0.05) is 35.9 Å². The zero-order valence-electron chi connectivity index (χ0n) is 15.7. The van der Waals surface area contributed by atoms with Gasteiger partial charge in [-0.05, 0) is 44.0 Å². The van der Waals surface area contributed by atoms with Crippen LogP contribution in [-0.2, 0) is 9.59 Å². The van der Waals surface area contributed by atoms with Crippen molar-refractivity contribution in [3.63, 3.8) is 0 Å². The average Bonchev–Trinajstić information content (AvgIpc) is 2.70. The SMILES string of the molecule is Cc1ccc(NC(=O)C2CCN(C(=O)CCOc3ccccc3)CC2)cc1. The third-order valence-electron chi connectivity index (χ3n) is 4.87. The van der Waals surface area contributed by atoms with E-state index in [0.29, 0.717) is 39.0 Å². The van der Waals surface area contributed by atoms with Crippen LogP contribution in [-0.4, -0.2) is 36.4 Å². The fourth-order valence-electron chi connectivity index (χ4n) is 3.20. The molecule has 5 nitrogen and oxygen atoms in total. The fraction of sp³-hybridized carbons (Fsp3) is 0.364. The van der Waals surface area contributed by atoms with Gasteiger partial charge in [0.25, 0.3) is 0 Å². The molecule has 1 aliphatic rings. The summed E-state index contributed by atoms with van der Waals surface area (Å²) in [6.07, 6.45) is 1.75. The average molecular weight is 366 g/mol. The van der Waals surface area contributed by atoms with Crippen LogP contribution in [0.2, 0.25) is 0 Å². The normalized spacial score (nSPS) is 14.6. The van der Waals surface area contributed by atoms with Crippen LogP contribution in [0, 0.1) is 12.8 Å². The molecule has 0 unspecified atom stereocenters. The Bertz CT molecular complexity index is 751. The minimum Gasteiger partial charge on any atom is -0.493 e. The van der Waals surface area contributed by atoms with E-state index in [-0.39, 0.29) is 17.7 Å². The predicted octanol–water partition coefficient (Wildman–Crippen LogP) is 3.64. The first-order valence-electron chi connectivity index (χ1n) is 9.45. The highest BCUT2D eigenvalue weighted by Gasteiger charge is 2.27. The van der Waals surface area contributed by atoms with Crippen molar-refractivity contribution in [2.75, 3.05) is 25.0 Å². The Morgan fingerprint density at radius 3 is 2.37 bits per heavy atom. The molecular weight excluding hydrogens is 340 g/mol. The number of likely N-dealkylation sites (tertiary alicyclic amines) is 1. The molecule has 1 fully saturated rings. The lowest BCUT2D eigenvalue weighted by atomic mass is 9.95. The highest BCUT2D eigenvalue weighted by atomic mass is 16.5. The number of para-hydroxylation sites is 1. The van der Waals surface area contributed by atoms with Gasteiger partial charge in [-0.15, -0.1) is 0 Å². The van der Waals surface area contributed by atoms with Gasteiger partial charge in [0.2, 0.25) is 11.8 Å². The van der Waals surface area contributed by atoms with E-state index < -0.39 is 0 Å². The second-order valence-electron chi connectivity index (χ2n) is 6.92. The molecule has 2 aromatic carbocycles.